The zero-order valence-electron chi connectivity index (χ0n) is 14.7. The fourth-order valence-corrected chi connectivity index (χ4v) is 3.38. The van der Waals surface area contributed by atoms with Crippen LogP contribution in [0.2, 0.25) is 0 Å². The highest BCUT2D eigenvalue weighted by molar-refractivity contribution is 6.12. The lowest BCUT2D eigenvalue weighted by atomic mass is 9.81. The summed E-state index contributed by atoms with van der Waals surface area (Å²) in [4.78, 5) is 38.2. The maximum absolute atomic E-state index is 12.0. The Kier molecular flexibility index (Phi) is 5.42. The van der Waals surface area contributed by atoms with Gasteiger partial charge in [0, 0.05) is 37.4 Å². The lowest BCUT2D eigenvalue weighted by Gasteiger charge is -2.36. The molecule has 0 radical (unpaired) electrons. The van der Waals surface area contributed by atoms with Crippen LogP contribution in [-0.4, -0.2) is 40.6 Å². The Morgan fingerprint density at radius 2 is 1.67 bits per heavy atom. The molecule has 1 atom stereocenters. The van der Waals surface area contributed by atoms with E-state index in [1.54, 1.807) is 11.0 Å². The molecule has 0 aromatic rings. The molecule has 2 rings (SSSR count). The van der Waals surface area contributed by atoms with Crippen LogP contribution in [0, 0.1) is 11.3 Å². The minimum atomic E-state index is -0.228. The van der Waals surface area contributed by atoms with E-state index in [4.69, 9.17) is 0 Å². The summed E-state index contributed by atoms with van der Waals surface area (Å²) in [5.41, 5.74) is 0.767. The third kappa shape index (κ3) is 4.43. The van der Waals surface area contributed by atoms with Gasteiger partial charge in [-0.1, -0.05) is 33.4 Å². The SMILES string of the molecule is C=C1CC=CC(=O)N1CC(C)(C)CC(C)CCN1C(=O)C=CC1=O. The molecule has 0 bridgehead atoms. The van der Waals surface area contributed by atoms with Gasteiger partial charge in [0.1, 0.15) is 0 Å². The van der Waals surface area contributed by atoms with Crippen LogP contribution in [0.4, 0.5) is 0 Å². The van der Waals surface area contributed by atoms with Crippen molar-refractivity contribution < 1.29 is 14.4 Å². The molecule has 0 aliphatic carbocycles. The molecule has 2 aliphatic heterocycles. The first-order valence-corrected chi connectivity index (χ1v) is 8.39. The number of rotatable bonds is 7. The van der Waals surface area contributed by atoms with Gasteiger partial charge in [0.05, 0.1) is 0 Å². The minimum Gasteiger partial charge on any atom is -0.312 e. The normalized spacial score (nSPS) is 19.6. The van der Waals surface area contributed by atoms with Gasteiger partial charge in [0.15, 0.2) is 0 Å². The van der Waals surface area contributed by atoms with Gasteiger partial charge < -0.3 is 4.90 Å². The monoisotopic (exact) mass is 330 g/mol. The van der Waals surface area contributed by atoms with E-state index in [2.05, 4.69) is 27.4 Å². The Balaban J connectivity index is 1.85. The zero-order valence-corrected chi connectivity index (χ0v) is 14.7. The fourth-order valence-electron chi connectivity index (χ4n) is 3.38. The van der Waals surface area contributed by atoms with Gasteiger partial charge >= 0.3 is 0 Å². The van der Waals surface area contributed by atoms with E-state index in [1.807, 2.05) is 6.08 Å². The molecule has 0 saturated heterocycles. The highest BCUT2D eigenvalue weighted by Gasteiger charge is 2.29. The van der Waals surface area contributed by atoms with Crippen molar-refractivity contribution in [1.29, 1.82) is 0 Å². The predicted molar refractivity (Wildman–Crippen MR) is 92.6 cm³/mol. The average molecular weight is 330 g/mol. The number of nitrogens with zero attached hydrogens (tertiary/aromatic N) is 2. The number of amides is 3. The van der Waals surface area contributed by atoms with Crippen LogP contribution in [0.3, 0.4) is 0 Å². The van der Waals surface area contributed by atoms with Crippen molar-refractivity contribution in [1.82, 2.24) is 9.80 Å². The van der Waals surface area contributed by atoms with Gasteiger partial charge in [-0.15, -0.1) is 0 Å². The second-order valence-corrected chi connectivity index (χ2v) is 7.52. The molecule has 24 heavy (non-hydrogen) atoms. The fraction of sp³-hybridized carbons (Fsp3) is 0.526. The summed E-state index contributed by atoms with van der Waals surface area (Å²) in [6, 6.07) is 0. The van der Waals surface area contributed by atoms with Crippen LogP contribution in [-0.2, 0) is 14.4 Å². The van der Waals surface area contributed by atoms with Crippen molar-refractivity contribution in [2.24, 2.45) is 11.3 Å². The van der Waals surface area contributed by atoms with Gasteiger partial charge in [0.25, 0.3) is 11.8 Å². The molecule has 3 amide bonds. The second kappa shape index (κ2) is 7.16. The maximum atomic E-state index is 12.0. The first-order valence-electron chi connectivity index (χ1n) is 8.39. The minimum absolute atomic E-state index is 0.00804. The Hall–Kier alpha value is -2.17. The Labute approximate surface area is 143 Å². The van der Waals surface area contributed by atoms with Crippen molar-refractivity contribution in [2.45, 2.75) is 40.0 Å². The average Bonchev–Trinajstić information content (AvgIpc) is 2.79. The van der Waals surface area contributed by atoms with E-state index < -0.39 is 0 Å². The third-order valence-electron chi connectivity index (χ3n) is 4.49. The quantitative estimate of drug-likeness (QED) is 0.674. The Morgan fingerprint density at radius 3 is 2.25 bits per heavy atom. The van der Waals surface area contributed by atoms with Gasteiger partial charge in [-0.05, 0) is 30.3 Å². The van der Waals surface area contributed by atoms with E-state index in [-0.39, 0.29) is 23.1 Å². The summed E-state index contributed by atoms with van der Waals surface area (Å²) in [5, 5.41) is 0. The molecular weight excluding hydrogens is 304 g/mol. The highest BCUT2D eigenvalue weighted by Crippen LogP contribution is 2.31. The topological polar surface area (TPSA) is 57.7 Å². The molecular formula is C19H26N2O3. The molecule has 5 heteroatoms. The van der Waals surface area contributed by atoms with E-state index >= 15 is 0 Å². The summed E-state index contributed by atoms with van der Waals surface area (Å²) in [5.74, 6) is -0.127. The summed E-state index contributed by atoms with van der Waals surface area (Å²) >= 11 is 0. The molecule has 2 aliphatic rings. The summed E-state index contributed by atoms with van der Waals surface area (Å²) in [7, 11) is 0. The molecule has 130 valence electrons. The van der Waals surface area contributed by atoms with Crippen LogP contribution in [0.1, 0.15) is 40.0 Å². The Morgan fingerprint density at radius 1 is 1.08 bits per heavy atom. The molecule has 2 heterocycles. The second-order valence-electron chi connectivity index (χ2n) is 7.52. The van der Waals surface area contributed by atoms with Crippen LogP contribution >= 0.6 is 0 Å². The first kappa shape index (κ1) is 18.2. The first-order chi connectivity index (χ1) is 11.2. The standard InChI is InChI=1S/C19H26N2O3/c1-14(10-11-20-17(23)8-9-18(20)24)12-19(3,4)13-21-15(2)6-5-7-16(21)22/h5,7-9,14H,2,6,10-13H2,1,3-4H3. The van der Waals surface area contributed by atoms with Gasteiger partial charge in [-0.25, -0.2) is 0 Å². The van der Waals surface area contributed by atoms with Crippen molar-refractivity contribution in [3.8, 4) is 0 Å². The molecule has 0 spiro atoms. The van der Waals surface area contributed by atoms with Gasteiger partial charge in [0.2, 0.25) is 5.91 Å². The molecule has 0 aromatic heterocycles. The predicted octanol–water partition coefficient (Wildman–Crippen LogP) is 2.66. The number of carbonyl (C=O) groups excluding carboxylic acids is 3. The van der Waals surface area contributed by atoms with E-state index in [0.29, 0.717) is 25.4 Å². The zero-order chi connectivity index (χ0) is 17.9. The molecule has 0 aromatic carbocycles. The van der Waals surface area contributed by atoms with Crippen molar-refractivity contribution >= 4 is 17.7 Å². The highest BCUT2D eigenvalue weighted by atomic mass is 16.2. The van der Waals surface area contributed by atoms with Crippen LogP contribution in [0.25, 0.3) is 0 Å². The van der Waals surface area contributed by atoms with E-state index in [1.165, 1.54) is 17.1 Å². The number of hydrogen-bond donors (Lipinski definition) is 0. The van der Waals surface area contributed by atoms with Gasteiger partial charge in [-0.2, -0.15) is 0 Å². The number of hydrogen-bond acceptors (Lipinski definition) is 3. The van der Waals surface area contributed by atoms with Gasteiger partial charge in [-0.3, -0.25) is 19.3 Å². The maximum Gasteiger partial charge on any atom is 0.253 e. The summed E-state index contributed by atoms with van der Waals surface area (Å²) < 4.78 is 0. The number of allylic oxidation sites excluding steroid dienone is 1. The molecule has 0 saturated carbocycles. The van der Waals surface area contributed by atoms with E-state index in [0.717, 1.165) is 18.5 Å². The van der Waals surface area contributed by atoms with Crippen molar-refractivity contribution in [3.63, 3.8) is 0 Å². The lowest BCUT2D eigenvalue weighted by Crippen LogP contribution is -2.39. The van der Waals surface area contributed by atoms with Crippen LogP contribution < -0.4 is 0 Å². The molecule has 5 nitrogen and oxygen atoms in total. The number of imide groups is 1. The van der Waals surface area contributed by atoms with Crippen LogP contribution in [0.5, 0.6) is 0 Å². The van der Waals surface area contributed by atoms with Crippen LogP contribution in [0.15, 0.2) is 36.6 Å². The van der Waals surface area contributed by atoms with Crippen molar-refractivity contribution in [2.75, 3.05) is 13.1 Å². The largest absolute Gasteiger partial charge is 0.312 e. The van der Waals surface area contributed by atoms with Crippen molar-refractivity contribution in [3.05, 3.63) is 36.6 Å². The number of carbonyl (C=O) groups is 3. The third-order valence-corrected chi connectivity index (χ3v) is 4.49. The molecule has 0 N–H and O–H groups in total. The smallest absolute Gasteiger partial charge is 0.253 e. The Bertz CT molecular complexity index is 598. The molecule has 0 fully saturated rings. The van der Waals surface area contributed by atoms with E-state index in [9.17, 15) is 14.4 Å². The summed E-state index contributed by atoms with van der Waals surface area (Å²) in [6.07, 6.45) is 8.45. The molecule has 1 unspecified atom stereocenters. The summed E-state index contributed by atoms with van der Waals surface area (Å²) in [6.45, 7) is 11.4. The lowest BCUT2D eigenvalue weighted by molar-refractivity contribution is -0.137.